The van der Waals surface area contributed by atoms with Crippen molar-refractivity contribution in [3.63, 3.8) is 0 Å². The van der Waals surface area contributed by atoms with Crippen molar-refractivity contribution in [2.45, 2.75) is 30.2 Å². The molecule has 2 heterocycles. The van der Waals surface area contributed by atoms with Gasteiger partial charge in [0, 0.05) is 17.7 Å². The van der Waals surface area contributed by atoms with E-state index in [-0.39, 0.29) is 5.82 Å². The van der Waals surface area contributed by atoms with Crippen LogP contribution in [0.15, 0.2) is 74.9 Å². The van der Waals surface area contributed by atoms with Crippen LogP contribution in [0.4, 0.5) is 4.39 Å². The molecule has 0 spiro atoms. The lowest BCUT2D eigenvalue weighted by Gasteiger charge is -2.08. The molecule has 1 unspecified atom stereocenters. The summed E-state index contributed by atoms with van der Waals surface area (Å²) in [6.07, 6.45) is 2.24. The van der Waals surface area contributed by atoms with Gasteiger partial charge in [-0.25, -0.2) is 9.37 Å². The third kappa shape index (κ3) is 4.48. The quantitative estimate of drug-likeness (QED) is 0.385. The van der Waals surface area contributed by atoms with Crippen molar-refractivity contribution in [2.24, 2.45) is 0 Å². The average Bonchev–Trinajstić information content (AvgIpc) is 3.36. The molecular formula is C21H18FN3O2S. The third-order valence-corrected chi connectivity index (χ3v) is 5.12. The molecule has 2 aromatic carbocycles. The molecule has 0 bridgehead atoms. The van der Waals surface area contributed by atoms with Crippen molar-refractivity contribution in [1.29, 1.82) is 0 Å². The number of oxazole rings is 1. The summed E-state index contributed by atoms with van der Waals surface area (Å²) in [5.74, 6) is 1.49. The van der Waals surface area contributed by atoms with E-state index >= 15 is 0 Å². The number of aromatic nitrogens is 3. The Balaban J connectivity index is 1.35. The molecule has 0 aliphatic carbocycles. The van der Waals surface area contributed by atoms with Gasteiger partial charge in [-0.1, -0.05) is 55.1 Å². The highest BCUT2D eigenvalue weighted by Crippen LogP contribution is 2.26. The SMILES string of the molecule is CC(Cc1nnc(SCc2coc(-c3cccc(F)c3)n2)o1)c1ccccc1. The first-order valence-electron chi connectivity index (χ1n) is 8.88. The second kappa shape index (κ2) is 8.39. The summed E-state index contributed by atoms with van der Waals surface area (Å²) in [5, 5.41) is 8.72. The highest BCUT2D eigenvalue weighted by atomic mass is 32.2. The number of thioether (sulfide) groups is 1. The molecule has 0 radical (unpaired) electrons. The predicted molar refractivity (Wildman–Crippen MR) is 104 cm³/mol. The number of halogens is 1. The number of hydrogen-bond donors (Lipinski definition) is 0. The van der Waals surface area contributed by atoms with Crippen LogP contribution in [-0.2, 0) is 12.2 Å². The van der Waals surface area contributed by atoms with Gasteiger partial charge in [-0.3, -0.25) is 0 Å². The predicted octanol–water partition coefficient (Wildman–Crippen LogP) is 5.50. The molecule has 0 aliphatic rings. The van der Waals surface area contributed by atoms with E-state index in [4.69, 9.17) is 8.83 Å². The highest BCUT2D eigenvalue weighted by molar-refractivity contribution is 7.98. The molecule has 5 nitrogen and oxygen atoms in total. The van der Waals surface area contributed by atoms with E-state index < -0.39 is 0 Å². The van der Waals surface area contributed by atoms with Crippen molar-refractivity contribution in [1.82, 2.24) is 15.2 Å². The fourth-order valence-electron chi connectivity index (χ4n) is 2.80. The summed E-state index contributed by atoms with van der Waals surface area (Å²) in [6.45, 7) is 2.13. The molecule has 0 N–H and O–H groups in total. The van der Waals surface area contributed by atoms with E-state index in [1.54, 1.807) is 18.4 Å². The lowest BCUT2D eigenvalue weighted by atomic mass is 9.98. The van der Waals surface area contributed by atoms with Crippen LogP contribution in [0.3, 0.4) is 0 Å². The van der Waals surface area contributed by atoms with Crippen LogP contribution >= 0.6 is 11.8 Å². The molecule has 4 rings (SSSR count). The van der Waals surface area contributed by atoms with Gasteiger partial charge in [0.1, 0.15) is 12.1 Å². The van der Waals surface area contributed by atoms with Crippen LogP contribution in [0.1, 0.15) is 30.0 Å². The van der Waals surface area contributed by atoms with Crippen LogP contribution < -0.4 is 0 Å². The van der Waals surface area contributed by atoms with Gasteiger partial charge in [0.05, 0.1) is 5.69 Å². The number of nitrogens with zero attached hydrogens (tertiary/aromatic N) is 3. The highest BCUT2D eigenvalue weighted by Gasteiger charge is 2.14. The Morgan fingerprint density at radius 1 is 1.07 bits per heavy atom. The lowest BCUT2D eigenvalue weighted by Crippen LogP contribution is -1.98. The van der Waals surface area contributed by atoms with Crippen molar-refractivity contribution < 1.29 is 13.2 Å². The maximum Gasteiger partial charge on any atom is 0.276 e. The number of rotatable bonds is 7. The molecule has 7 heteroatoms. The van der Waals surface area contributed by atoms with Gasteiger partial charge in [-0.05, 0) is 29.7 Å². The zero-order valence-corrected chi connectivity index (χ0v) is 16.0. The Labute approximate surface area is 166 Å². The van der Waals surface area contributed by atoms with Crippen molar-refractivity contribution in [2.75, 3.05) is 0 Å². The fourth-order valence-corrected chi connectivity index (χ4v) is 3.46. The van der Waals surface area contributed by atoms with Gasteiger partial charge in [-0.2, -0.15) is 0 Å². The third-order valence-electron chi connectivity index (χ3n) is 4.26. The van der Waals surface area contributed by atoms with Crippen molar-refractivity contribution >= 4 is 11.8 Å². The first kappa shape index (κ1) is 18.4. The number of benzene rings is 2. The molecule has 142 valence electrons. The summed E-state index contributed by atoms with van der Waals surface area (Å²) in [5.41, 5.74) is 2.57. The van der Waals surface area contributed by atoms with E-state index in [2.05, 4.69) is 34.2 Å². The monoisotopic (exact) mass is 395 g/mol. The molecule has 1 atom stereocenters. The minimum atomic E-state index is -0.324. The number of hydrogen-bond acceptors (Lipinski definition) is 6. The summed E-state index contributed by atoms with van der Waals surface area (Å²) < 4.78 is 24.5. The summed E-state index contributed by atoms with van der Waals surface area (Å²) >= 11 is 1.39. The molecule has 4 aromatic rings. The van der Waals surface area contributed by atoms with E-state index in [9.17, 15) is 4.39 Å². The molecule has 28 heavy (non-hydrogen) atoms. The van der Waals surface area contributed by atoms with E-state index in [0.29, 0.717) is 40.7 Å². The lowest BCUT2D eigenvalue weighted by molar-refractivity contribution is 0.404. The second-order valence-corrected chi connectivity index (χ2v) is 7.35. The smallest absolute Gasteiger partial charge is 0.276 e. The molecule has 0 fully saturated rings. The van der Waals surface area contributed by atoms with Crippen LogP contribution in [0.5, 0.6) is 0 Å². The fraction of sp³-hybridized carbons (Fsp3) is 0.190. The van der Waals surface area contributed by atoms with Gasteiger partial charge in [0.15, 0.2) is 0 Å². The molecule has 0 aliphatic heterocycles. The molecule has 0 saturated heterocycles. The zero-order chi connectivity index (χ0) is 19.3. The summed E-state index contributed by atoms with van der Waals surface area (Å²) in [4.78, 5) is 4.39. The van der Waals surface area contributed by atoms with Gasteiger partial charge >= 0.3 is 0 Å². The Kier molecular flexibility index (Phi) is 5.53. The van der Waals surface area contributed by atoms with Gasteiger partial charge < -0.3 is 8.83 Å². The van der Waals surface area contributed by atoms with Gasteiger partial charge in [-0.15, -0.1) is 10.2 Å². The van der Waals surface area contributed by atoms with Crippen LogP contribution in [0, 0.1) is 5.82 Å². The Hall–Kier alpha value is -2.93. The summed E-state index contributed by atoms with van der Waals surface area (Å²) in [6, 6.07) is 16.4. The minimum absolute atomic E-state index is 0.295. The first-order valence-corrected chi connectivity index (χ1v) is 9.86. The van der Waals surface area contributed by atoms with Crippen molar-refractivity contribution in [3.8, 4) is 11.5 Å². The minimum Gasteiger partial charge on any atom is -0.444 e. The maximum atomic E-state index is 13.3. The normalized spacial score (nSPS) is 12.2. The van der Waals surface area contributed by atoms with E-state index in [0.717, 1.165) is 5.69 Å². The topological polar surface area (TPSA) is 65.0 Å². The Bertz CT molecular complexity index is 1050. The largest absolute Gasteiger partial charge is 0.444 e. The molecule has 0 amide bonds. The standard InChI is InChI=1S/C21H18FN3O2S/c1-14(15-6-3-2-4-7-15)10-19-24-25-21(27-19)28-13-18-12-26-20(23-18)16-8-5-9-17(22)11-16/h2-9,11-12,14H,10,13H2,1H3. The van der Waals surface area contributed by atoms with Gasteiger partial charge in [0.2, 0.25) is 11.8 Å². The van der Waals surface area contributed by atoms with Crippen LogP contribution in [0.2, 0.25) is 0 Å². The van der Waals surface area contributed by atoms with E-state index in [1.807, 2.05) is 18.2 Å². The van der Waals surface area contributed by atoms with Crippen LogP contribution in [-0.4, -0.2) is 15.2 Å². The molecular weight excluding hydrogens is 377 g/mol. The van der Waals surface area contributed by atoms with Gasteiger partial charge in [0.25, 0.3) is 5.22 Å². The zero-order valence-electron chi connectivity index (χ0n) is 15.2. The van der Waals surface area contributed by atoms with E-state index in [1.165, 1.54) is 29.5 Å². The van der Waals surface area contributed by atoms with Crippen molar-refractivity contribution in [3.05, 3.63) is 83.8 Å². The molecule has 2 aromatic heterocycles. The Morgan fingerprint density at radius 2 is 1.93 bits per heavy atom. The van der Waals surface area contributed by atoms with Crippen LogP contribution in [0.25, 0.3) is 11.5 Å². The summed E-state index contributed by atoms with van der Waals surface area (Å²) in [7, 11) is 0. The maximum absolute atomic E-state index is 13.3. The Morgan fingerprint density at radius 3 is 2.75 bits per heavy atom. The second-order valence-electron chi connectivity index (χ2n) is 6.42. The first-order chi connectivity index (χ1) is 13.7. The molecule has 0 saturated carbocycles. The average molecular weight is 395 g/mol.